The van der Waals surface area contributed by atoms with Crippen molar-refractivity contribution in [3.05, 3.63) is 58.1 Å². The molecule has 0 saturated heterocycles. The van der Waals surface area contributed by atoms with Crippen LogP contribution in [-0.4, -0.2) is 31.4 Å². The first-order valence-electron chi connectivity index (χ1n) is 8.46. The molecule has 8 heteroatoms. The number of aromatic nitrogens is 4. The first-order chi connectivity index (χ1) is 12.9. The van der Waals surface area contributed by atoms with Crippen molar-refractivity contribution in [2.45, 2.75) is 38.1 Å². The highest BCUT2D eigenvalue weighted by atomic mass is 35.5. The maximum absolute atomic E-state index is 12.6. The van der Waals surface area contributed by atoms with Crippen LogP contribution in [0, 0.1) is 20.8 Å². The molecule has 1 N–H and O–H groups in total. The molecule has 1 atom stereocenters. The van der Waals surface area contributed by atoms with E-state index in [1.165, 1.54) is 11.8 Å². The van der Waals surface area contributed by atoms with Crippen molar-refractivity contribution < 1.29 is 4.79 Å². The number of thioether (sulfide) groups is 1. The number of rotatable bonds is 5. The van der Waals surface area contributed by atoms with Crippen molar-refractivity contribution >= 4 is 35.0 Å². The Bertz CT molecular complexity index is 988. The number of benzene rings is 2. The van der Waals surface area contributed by atoms with Gasteiger partial charge in [-0.3, -0.25) is 4.79 Å². The van der Waals surface area contributed by atoms with E-state index in [2.05, 4.69) is 20.8 Å². The summed E-state index contributed by atoms with van der Waals surface area (Å²) in [4.78, 5) is 12.6. The van der Waals surface area contributed by atoms with Crippen LogP contribution in [0.1, 0.15) is 23.6 Å². The number of carbonyl (C=O) groups is 1. The van der Waals surface area contributed by atoms with Crippen molar-refractivity contribution in [3.8, 4) is 5.69 Å². The van der Waals surface area contributed by atoms with Gasteiger partial charge in [-0.05, 0) is 73.0 Å². The Morgan fingerprint density at radius 3 is 2.67 bits per heavy atom. The highest BCUT2D eigenvalue weighted by Gasteiger charge is 2.21. The summed E-state index contributed by atoms with van der Waals surface area (Å²) in [6, 6.07) is 11.4. The van der Waals surface area contributed by atoms with E-state index < -0.39 is 5.25 Å². The van der Waals surface area contributed by atoms with Gasteiger partial charge in [0.05, 0.1) is 10.9 Å². The lowest BCUT2D eigenvalue weighted by molar-refractivity contribution is -0.115. The lowest BCUT2D eigenvalue weighted by Crippen LogP contribution is -2.23. The number of anilines is 1. The first kappa shape index (κ1) is 19.4. The molecule has 0 aliphatic rings. The van der Waals surface area contributed by atoms with Crippen LogP contribution in [0.3, 0.4) is 0 Å². The van der Waals surface area contributed by atoms with E-state index in [1.807, 2.05) is 58.0 Å². The van der Waals surface area contributed by atoms with Crippen LogP contribution in [0.25, 0.3) is 5.69 Å². The number of nitrogens with zero attached hydrogens (tertiary/aromatic N) is 4. The fourth-order valence-electron chi connectivity index (χ4n) is 2.56. The Balaban J connectivity index is 1.78. The summed E-state index contributed by atoms with van der Waals surface area (Å²) in [5.74, 6) is -0.138. The van der Waals surface area contributed by atoms with E-state index in [4.69, 9.17) is 11.6 Å². The molecule has 0 fully saturated rings. The van der Waals surface area contributed by atoms with E-state index >= 15 is 0 Å². The van der Waals surface area contributed by atoms with Crippen molar-refractivity contribution in [1.29, 1.82) is 0 Å². The van der Waals surface area contributed by atoms with E-state index in [-0.39, 0.29) is 5.91 Å². The highest BCUT2D eigenvalue weighted by Crippen LogP contribution is 2.27. The van der Waals surface area contributed by atoms with Gasteiger partial charge in [0.15, 0.2) is 0 Å². The van der Waals surface area contributed by atoms with Gasteiger partial charge in [0, 0.05) is 10.7 Å². The smallest absolute Gasteiger partial charge is 0.237 e. The largest absolute Gasteiger partial charge is 0.325 e. The summed E-state index contributed by atoms with van der Waals surface area (Å²) in [5, 5.41) is 15.7. The number of carbonyl (C=O) groups excluding carboxylic acids is 1. The molecule has 0 aliphatic heterocycles. The molecule has 3 aromatic rings. The molecule has 0 saturated carbocycles. The van der Waals surface area contributed by atoms with Crippen molar-refractivity contribution in [3.63, 3.8) is 0 Å². The van der Waals surface area contributed by atoms with Gasteiger partial charge >= 0.3 is 0 Å². The molecular formula is C19H20ClN5OS. The van der Waals surface area contributed by atoms with Crippen LogP contribution in [0.2, 0.25) is 5.02 Å². The van der Waals surface area contributed by atoms with Crippen molar-refractivity contribution in [2.75, 3.05) is 5.32 Å². The molecule has 6 nitrogen and oxygen atoms in total. The number of nitrogens with one attached hydrogen (secondary N) is 1. The summed E-state index contributed by atoms with van der Waals surface area (Å²) in [6.07, 6.45) is 0. The average Bonchev–Trinajstić information content (AvgIpc) is 3.09. The molecule has 1 unspecified atom stereocenters. The zero-order chi connectivity index (χ0) is 19.6. The van der Waals surface area contributed by atoms with Gasteiger partial charge in [-0.1, -0.05) is 41.6 Å². The van der Waals surface area contributed by atoms with Gasteiger partial charge in [-0.2, -0.15) is 4.68 Å². The minimum absolute atomic E-state index is 0.138. The Morgan fingerprint density at radius 1 is 1.15 bits per heavy atom. The van der Waals surface area contributed by atoms with Crippen LogP contribution in [0.15, 0.2) is 41.6 Å². The molecule has 0 spiro atoms. The fraction of sp³-hybridized carbons (Fsp3) is 0.263. The van der Waals surface area contributed by atoms with Gasteiger partial charge in [-0.15, -0.1) is 5.10 Å². The Kier molecular flexibility index (Phi) is 5.82. The summed E-state index contributed by atoms with van der Waals surface area (Å²) in [6.45, 7) is 7.76. The molecule has 0 aliphatic carbocycles. The van der Waals surface area contributed by atoms with Gasteiger partial charge in [-0.25, -0.2) is 0 Å². The topological polar surface area (TPSA) is 72.7 Å². The lowest BCUT2D eigenvalue weighted by Gasteiger charge is -2.14. The van der Waals surface area contributed by atoms with Gasteiger partial charge < -0.3 is 5.32 Å². The molecule has 2 aromatic carbocycles. The lowest BCUT2D eigenvalue weighted by atomic mass is 10.1. The molecule has 3 rings (SSSR count). The molecule has 0 bridgehead atoms. The second-order valence-corrected chi connectivity index (χ2v) is 7.97. The SMILES string of the molecule is Cc1cccc(-n2nnnc2SC(C)C(=O)Nc2cccc(Cl)c2C)c1C. The molecule has 140 valence electrons. The predicted octanol–water partition coefficient (Wildman–Crippen LogP) is 4.36. The summed E-state index contributed by atoms with van der Waals surface area (Å²) < 4.78 is 1.67. The summed E-state index contributed by atoms with van der Waals surface area (Å²) in [7, 11) is 0. The van der Waals surface area contributed by atoms with E-state index in [0.717, 1.165) is 22.4 Å². The molecule has 1 amide bonds. The number of halogens is 1. The molecule has 0 radical (unpaired) electrons. The van der Waals surface area contributed by atoms with Crippen LogP contribution in [0.4, 0.5) is 5.69 Å². The third-order valence-electron chi connectivity index (χ3n) is 4.42. The molecule has 1 heterocycles. The third-order valence-corrected chi connectivity index (χ3v) is 5.86. The number of hydrogen-bond acceptors (Lipinski definition) is 5. The Hall–Kier alpha value is -2.38. The maximum atomic E-state index is 12.6. The van der Waals surface area contributed by atoms with Gasteiger partial charge in [0.2, 0.25) is 11.1 Å². The number of amides is 1. The van der Waals surface area contributed by atoms with E-state index in [9.17, 15) is 4.79 Å². The molecule has 27 heavy (non-hydrogen) atoms. The minimum atomic E-state index is -0.391. The summed E-state index contributed by atoms with van der Waals surface area (Å²) in [5.41, 5.74) is 4.69. The van der Waals surface area contributed by atoms with E-state index in [1.54, 1.807) is 10.7 Å². The minimum Gasteiger partial charge on any atom is -0.325 e. The maximum Gasteiger partial charge on any atom is 0.237 e. The normalized spacial score (nSPS) is 12.0. The second-order valence-electron chi connectivity index (χ2n) is 6.25. The van der Waals surface area contributed by atoms with Gasteiger partial charge in [0.25, 0.3) is 0 Å². The second kappa shape index (κ2) is 8.10. The monoisotopic (exact) mass is 401 g/mol. The zero-order valence-corrected chi connectivity index (χ0v) is 17.1. The highest BCUT2D eigenvalue weighted by molar-refractivity contribution is 8.00. The number of tetrazole rings is 1. The van der Waals surface area contributed by atoms with Crippen LogP contribution >= 0.6 is 23.4 Å². The van der Waals surface area contributed by atoms with Crippen LogP contribution < -0.4 is 5.32 Å². The predicted molar refractivity (Wildman–Crippen MR) is 109 cm³/mol. The van der Waals surface area contributed by atoms with Crippen molar-refractivity contribution in [1.82, 2.24) is 20.2 Å². The van der Waals surface area contributed by atoms with Crippen LogP contribution in [-0.2, 0) is 4.79 Å². The third kappa shape index (κ3) is 4.14. The first-order valence-corrected chi connectivity index (χ1v) is 9.72. The number of aryl methyl sites for hydroxylation is 1. The van der Waals surface area contributed by atoms with Crippen LogP contribution in [0.5, 0.6) is 0 Å². The summed E-state index contributed by atoms with van der Waals surface area (Å²) >= 11 is 7.43. The Morgan fingerprint density at radius 2 is 1.89 bits per heavy atom. The zero-order valence-electron chi connectivity index (χ0n) is 15.5. The standard InChI is InChI=1S/C19H20ClN5OS/c1-11-7-5-10-17(12(11)2)25-19(22-23-24-25)27-14(4)18(26)21-16-9-6-8-15(20)13(16)3/h5-10,14H,1-4H3,(H,21,26). The quantitative estimate of drug-likeness (QED) is 0.643. The van der Waals surface area contributed by atoms with Crippen molar-refractivity contribution in [2.24, 2.45) is 0 Å². The molecule has 1 aromatic heterocycles. The Labute approximate surface area is 167 Å². The average molecular weight is 402 g/mol. The van der Waals surface area contributed by atoms with Gasteiger partial charge in [0.1, 0.15) is 0 Å². The van der Waals surface area contributed by atoms with E-state index in [0.29, 0.717) is 15.9 Å². The molecular weight excluding hydrogens is 382 g/mol. The number of hydrogen-bond donors (Lipinski definition) is 1. The fourth-order valence-corrected chi connectivity index (χ4v) is 3.53.